The van der Waals surface area contributed by atoms with Gasteiger partial charge in [-0.1, -0.05) is 11.6 Å². The first-order valence-electron chi connectivity index (χ1n) is 7.94. The SMILES string of the molecule is Cc1c([N+](=O)[O-])cc(C(=O)NC2CCOc3ccc(Cl)cc32)cc1[N+](=O)[O-]. The molecule has 1 atom stereocenters. The van der Waals surface area contributed by atoms with E-state index in [1.54, 1.807) is 18.2 Å². The van der Waals surface area contributed by atoms with Crippen molar-refractivity contribution in [2.75, 3.05) is 6.61 Å². The number of hydrogen-bond acceptors (Lipinski definition) is 6. The number of hydrogen-bond donors (Lipinski definition) is 1. The summed E-state index contributed by atoms with van der Waals surface area (Å²) in [6, 6.07) is 6.67. The number of nitrogens with one attached hydrogen (secondary N) is 1. The fourth-order valence-electron chi connectivity index (χ4n) is 2.95. The normalized spacial score (nSPS) is 15.4. The molecule has 0 spiro atoms. The molecule has 1 unspecified atom stereocenters. The molecular formula is C17H14ClN3O6. The standard InChI is InChI=1S/C17H14ClN3O6/c1-9-14(20(23)24)6-10(7-15(9)21(25)26)17(22)19-13-4-5-27-16-3-2-11(18)8-12(13)16/h2-3,6-8,13H,4-5H2,1H3,(H,19,22). The molecule has 27 heavy (non-hydrogen) atoms. The van der Waals surface area contributed by atoms with E-state index in [0.29, 0.717) is 29.4 Å². The maximum Gasteiger partial charge on any atom is 0.279 e. The van der Waals surface area contributed by atoms with Gasteiger partial charge >= 0.3 is 0 Å². The highest BCUT2D eigenvalue weighted by Gasteiger charge is 2.28. The van der Waals surface area contributed by atoms with E-state index < -0.39 is 33.2 Å². The summed E-state index contributed by atoms with van der Waals surface area (Å²) in [4.78, 5) is 33.5. The van der Waals surface area contributed by atoms with Crippen LogP contribution in [0.15, 0.2) is 30.3 Å². The van der Waals surface area contributed by atoms with Gasteiger partial charge in [0.25, 0.3) is 17.3 Å². The Morgan fingerprint density at radius 3 is 2.41 bits per heavy atom. The van der Waals surface area contributed by atoms with Gasteiger partial charge in [-0.05, 0) is 25.1 Å². The lowest BCUT2D eigenvalue weighted by atomic mass is 9.99. The molecule has 0 saturated carbocycles. The van der Waals surface area contributed by atoms with E-state index in [4.69, 9.17) is 16.3 Å². The first kappa shape index (κ1) is 18.6. The summed E-state index contributed by atoms with van der Waals surface area (Å²) >= 11 is 6.01. The summed E-state index contributed by atoms with van der Waals surface area (Å²) in [7, 11) is 0. The van der Waals surface area contributed by atoms with Crippen molar-refractivity contribution in [1.82, 2.24) is 5.32 Å². The van der Waals surface area contributed by atoms with Gasteiger partial charge in [0.15, 0.2) is 0 Å². The van der Waals surface area contributed by atoms with Gasteiger partial charge in [-0.15, -0.1) is 0 Å². The molecule has 1 aliphatic rings. The minimum Gasteiger partial charge on any atom is -0.493 e. The number of nitro groups is 2. The summed E-state index contributed by atoms with van der Waals surface area (Å²) in [6.45, 7) is 1.64. The van der Waals surface area contributed by atoms with Crippen LogP contribution < -0.4 is 10.1 Å². The number of nitro benzene ring substituents is 2. The van der Waals surface area contributed by atoms with E-state index in [1.807, 2.05) is 0 Å². The van der Waals surface area contributed by atoms with E-state index in [9.17, 15) is 25.0 Å². The summed E-state index contributed by atoms with van der Waals surface area (Å²) in [6.07, 6.45) is 0.467. The fourth-order valence-corrected chi connectivity index (χ4v) is 3.13. The van der Waals surface area contributed by atoms with Gasteiger partial charge in [0.1, 0.15) is 11.3 Å². The average Bonchev–Trinajstić information content (AvgIpc) is 2.61. The Labute approximate surface area is 158 Å². The summed E-state index contributed by atoms with van der Waals surface area (Å²) < 4.78 is 5.52. The highest BCUT2D eigenvalue weighted by Crippen LogP contribution is 2.35. The lowest BCUT2D eigenvalue weighted by Gasteiger charge is -2.27. The molecule has 2 aromatic rings. The van der Waals surface area contributed by atoms with Gasteiger partial charge in [0, 0.05) is 29.1 Å². The monoisotopic (exact) mass is 391 g/mol. The van der Waals surface area contributed by atoms with Gasteiger partial charge < -0.3 is 10.1 Å². The van der Waals surface area contributed by atoms with Crippen molar-refractivity contribution in [3.63, 3.8) is 0 Å². The van der Waals surface area contributed by atoms with Crippen LogP contribution in [-0.2, 0) is 0 Å². The van der Waals surface area contributed by atoms with Crippen molar-refractivity contribution < 1.29 is 19.4 Å². The van der Waals surface area contributed by atoms with Crippen LogP contribution in [0.5, 0.6) is 5.75 Å². The third kappa shape index (κ3) is 3.68. The van der Waals surface area contributed by atoms with E-state index in [1.165, 1.54) is 6.92 Å². The van der Waals surface area contributed by atoms with Crippen molar-refractivity contribution in [3.05, 3.63) is 72.3 Å². The number of carbonyl (C=O) groups is 1. The van der Waals surface area contributed by atoms with Gasteiger partial charge in [0.2, 0.25) is 0 Å². The lowest BCUT2D eigenvalue weighted by molar-refractivity contribution is -0.395. The molecule has 9 nitrogen and oxygen atoms in total. The van der Waals surface area contributed by atoms with Crippen LogP contribution >= 0.6 is 11.6 Å². The molecular weight excluding hydrogens is 378 g/mol. The van der Waals surface area contributed by atoms with Gasteiger partial charge in [0.05, 0.1) is 28.1 Å². The zero-order valence-electron chi connectivity index (χ0n) is 14.1. The Kier molecular flexibility index (Phi) is 4.95. The Morgan fingerprint density at radius 1 is 1.19 bits per heavy atom. The van der Waals surface area contributed by atoms with Crippen LogP contribution in [0.3, 0.4) is 0 Å². The Bertz CT molecular complexity index is 927. The highest BCUT2D eigenvalue weighted by atomic mass is 35.5. The maximum atomic E-state index is 12.6. The van der Waals surface area contributed by atoms with Crippen LogP contribution in [0.1, 0.15) is 33.9 Å². The lowest BCUT2D eigenvalue weighted by Crippen LogP contribution is -2.32. The van der Waals surface area contributed by atoms with E-state index in [2.05, 4.69) is 5.32 Å². The van der Waals surface area contributed by atoms with Crippen molar-refractivity contribution in [3.8, 4) is 5.75 Å². The number of nitrogens with zero attached hydrogens (tertiary/aromatic N) is 2. The second-order valence-electron chi connectivity index (χ2n) is 6.00. The fraction of sp³-hybridized carbons (Fsp3) is 0.235. The van der Waals surface area contributed by atoms with Crippen LogP contribution in [0.25, 0.3) is 0 Å². The summed E-state index contributed by atoms with van der Waals surface area (Å²) in [5.74, 6) is -0.0733. The molecule has 10 heteroatoms. The quantitative estimate of drug-likeness (QED) is 0.625. The van der Waals surface area contributed by atoms with Crippen LogP contribution in [0.4, 0.5) is 11.4 Å². The number of fused-ring (bicyclic) bond motifs is 1. The first-order chi connectivity index (χ1) is 12.8. The number of benzene rings is 2. The number of rotatable bonds is 4. The molecule has 1 aliphatic heterocycles. The second-order valence-corrected chi connectivity index (χ2v) is 6.44. The third-order valence-corrected chi connectivity index (χ3v) is 4.56. The van der Waals surface area contributed by atoms with Crippen molar-refractivity contribution >= 4 is 28.9 Å². The Hall–Kier alpha value is -3.20. The number of amides is 1. The van der Waals surface area contributed by atoms with E-state index >= 15 is 0 Å². The molecule has 0 aromatic heterocycles. The zero-order valence-corrected chi connectivity index (χ0v) is 14.9. The predicted molar refractivity (Wildman–Crippen MR) is 96.3 cm³/mol. The van der Waals surface area contributed by atoms with Crippen LogP contribution in [0, 0.1) is 27.2 Å². The minimum absolute atomic E-state index is 0.107. The smallest absolute Gasteiger partial charge is 0.279 e. The molecule has 0 fully saturated rings. The van der Waals surface area contributed by atoms with Gasteiger partial charge in [-0.25, -0.2) is 0 Å². The summed E-state index contributed by atoms with van der Waals surface area (Å²) in [5.41, 5.74) is -0.549. The Morgan fingerprint density at radius 2 is 1.81 bits per heavy atom. The second kappa shape index (κ2) is 7.20. The zero-order chi connectivity index (χ0) is 19.7. The molecule has 0 radical (unpaired) electrons. The van der Waals surface area contributed by atoms with Crippen molar-refractivity contribution in [1.29, 1.82) is 0 Å². The minimum atomic E-state index is -0.747. The molecule has 1 heterocycles. The topological polar surface area (TPSA) is 125 Å². The van der Waals surface area contributed by atoms with Crippen LogP contribution in [0.2, 0.25) is 5.02 Å². The molecule has 1 N–H and O–H groups in total. The van der Waals surface area contributed by atoms with Gasteiger partial charge in [-0.2, -0.15) is 0 Å². The number of ether oxygens (including phenoxy) is 1. The molecule has 3 rings (SSSR count). The average molecular weight is 392 g/mol. The highest BCUT2D eigenvalue weighted by molar-refractivity contribution is 6.30. The first-order valence-corrected chi connectivity index (χ1v) is 8.32. The maximum absolute atomic E-state index is 12.6. The van der Waals surface area contributed by atoms with Crippen LogP contribution in [-0.4, -0.2) is 22.4 Å². The molecule has 0 bridgehead atoms. The van der Waals surface area contributed by atoms with Crippen molar-refractivity contribution in [2.24, 2.45) is 0 Å². The molecule has 0 aliphatic carbocycles. The third-order valence-electron chi connectivity index (χ3n) is 4.33. The number of halogens is 1. The Balaban J connectivity index is 1.95. The van der Waals surface area contributed by atoms with E-state index in [0.717, 1.165) is 12.1 Å². The van der Waals surface area contributed by atoms with Gasteiger partial charge in [-0.3, -0.25) is 25.0 Å². The van der Waals surface area contributed by atoms with E-state index in [-0.39, 0.29) is 11.1 Å². The molecule has 1 amide bonds. The number of carbonyl (C=O) groups excluding carboxylic acids is 1. The summed E-state index contributed by atoms with van der Waals surface area (Å²) in [5, 5.41) is 25.6. The largest absolute Gasteiger partial charge is 0.493 e. The molecule has 140 valence electrons. The molecule has 2 aromatic carbocycles. The van der Waals surface area contributed by atoms with Crippen molar-refractivity contribution in [2.45, 2.75) is 19.4 Å². The predicted octanol–water partition coefficient (Wildman–Crippen LogP) is 3.72. The molecule has 0 saturated heterocycles.